The SMILES string of the molecule is Cc1cc(C(=O)N2CCC[C@H](c3cc(C(F)F)nc4ncnn34)C2)cnc1C. The van der Waals surface area contributed by atoms with Crippen LogP contribution in [-0.2, 0) is 0 Å². The number of amides is 1. The maximum atomic E-state index is 13.3. The summed E-state index contributed by atoms with van der Waals surface area (Å²) in [7, 11) is 0. The van der Waals surface area contributed by atoms with E-state index in [1.165, 1.54) is 16.9 Å². The van der Waals surface area contributed by atoms with Gasteiger partial charge in [-0.3, -0.25) is 9.78 Å². The number of hydrogen-bond donors (Lipinski definition) is 0. The van der Waals surface area contributed by atoms with Gasteiger partial charge in [-0.05, 0) is 44.4 Å². The van der Waals surface area contributed by atoms with Gasteiger partial charge in [0.25, 0.3) is 18.1 Å². The maximum Gasteiger partial charge on any atom is 0.280 e. The van der Waals surface area contributed by atoms with Gasteiger partial charge in [0, 0.05) is 30.9 Å². The van der Waals surface area contributed by atoms with Crippen LogP contribution >= 0.6 is 0 Å². The average molecular weight is 386 g/mol. The summed E-state index contributed by atoms with van der Waals surface area (Å²) >= 11 is 0. The normalized spacial score (nSPS) is 17.5. The fourth-order valence-corrected chi connectivity index (χ4v) is 3.60. The predicted molar refractivity (Wildman–Crippen MR) is 97.3 cm³/mol. The Morgan fingerprint density at radius 2 is 2.07 bits per heavy atom. The molecule has 0 aliphatic carbocycles. The van der Waals surface area contributed by atoms with E-state index in [2.05, 4.69) is 20.1 Å². The number of alkyl halides is 2. The van der Waals surface area contributed by atoms with E-state index in [0.29, 0.717) is 24.3 Å². The summed E-state index contributed by atoms with van der Waals surface area (Å²) in [6, 6.07) is 3.22. The number of halogens is 2. The number of aromatic nitrogens is 5. The molecule has 1 aliphatic heterocycles. The first-order valence-electron chi connectivity index (χ1n) is 9.15. The number of aryl methyl sites for hydroxylation is 2. The Morgan fingerprint density at radius 3 is 2.82 bits per heavy atom. The molecule has 1 atom stereocenters. The van der Waals surface area contributed by atoms with Gasteiger partial charge in [0.2, 0.25) is 0 Å². The summed E-state index contributed by atoms with van der Waals surface area (Å²) in [5.74, 6) is -0.0743. The van der Waals surface area contributed by atoms with E-state index >= 15 is 0 Å². The molecule has 1 saturated heterocycles. The Morgan fingerprint density at radius 1 is 1.25 bits per heavy atom. The van der Waals surface area contributed by atoms with E-state index in [4.69, 9.17) is 0 Å². The zero-order valence-corrected chi connectivity index (χ0v) is 15.6. The number of piperidine rings is 1. The molecular formula is C19H20F2N6O. The lowest BCUT2D eigenvalue weighted by Gasteiger charge is -2.33. The molecule has 4 rings (SSSR count). The Kier molecular flexibility index (Phi) is 4.74. The van der Waals surface area contributed by atoms with Gasteiger partial charge in [-0.25, -0.2) is 18.3 Å². The zero-order valence-electron chi connectivity index (χ0n) is 15.6. The van der Waals surface area contributed by atoms with Crippen LogP contribution in [0.25, 0.3) is 5.78 Å². The summed E-state index contributed by atoms with van der Waals surface area (Å²) in [6.07, 6.45) is 1.75. The molecule has 0 radical (unpaired) electrons. The van der Waals surface area contributed by atoms with Gasteiger partial charge in [0.1, 0.15) is 12.0 Å². The van der Waals surface area contributed by atoms with E-state index < -0.39 is 6.43 Å². The average Bonchev–Trinajstić information content (AvgIpc) is 3.17. The molecule has 0 saturated carbocycles. The van der Waals surface area contributed by atoms with E-state index in [-0.39, 0.29) is 23.3 Å². The fraction of sp³-hybridized carbons (Fsp3) is 0.421. The number of fused-ring (bicyclic) bond motifs is 1. The van der Waals surface area contributed by atoms with Crippen molar-refractivity contribution in [2.75, 3.05) is 13.1 Å². The van der Waals surface area contributed by atoms with Gasteiger partial charge < -0.3 is 4.90 Å². The van der Waals surface area contributed by atoms with Crippen LogP contribution in [0.1, 0.15) is 58.2 Å². The molecule has 0 N–H and O–H groups in total. The molecule has 9 heteroatoms. The highest BCUT2D eigenvalue weighted by atomic mass is 19.3. The van der Waals surface area contributed by atoms with Crippen LogP contribution in [0.4, 0.5) is 8.78 Å². The minimum Gasteiger partial charge on any atom is -0.338 e. The van der Waals surface area contributed by atoms with Gasteiger partial charge >= 0.3 is 0 Å². The number of nitrogens with zero attached hydrogens (tertiary/aromatic N) is 6. The molecule has 146 valence electrons. The molecule has 0 aromatic carbocycles. The Balaban J connectivity index is 1.64. The van der Waals surface area contributed by atoms with E-state index in [1.54, 1.807) is 11.1 Å². The second-order valence-corrected chi connectivity index (χ2v) is 7.10. The third kappa shape index (κ3) is 3.32. The van der Waals surface area contributed by atoms with Crippen molar-refractivity contribution in [1.29, 1.82) is 0 Å². The minimum atomic E-state index is -2.69. The number of likely N-dealkylation sites (tertiary alicyclic amines) is 1. The van der Waals surface area contributed by atoms with Gasteiger partial charge in [-0.1, -0.05) is 0 Å². The number of hydrogen-bond acceptors (Lipinski definition) is 5. The van der Waals surface area contributed by atoms with Crippen molar-refractivity contribution in [2.24, 2.45) is 0 Å². The van der Waals surface area contributed by atoms with Crippen molar-refractivity contribution in [3.8, 4) is 0 Å². The molecule has 0 bridgehead atoms. The van der Waals surface area contributed by atoms with Gasteiger partial charge in [-0.15, -0.1) is 0 Å². The molecule has 1 aliphatic rings. The molecule has 3 aromatic rings. The molecule has 0 spiro atoms. The third-order valence-electron chi connectivity index (χ3n) is 5.24. The molecule has 1 amide bonds. The molecule has 0 unspecified atom stereocenters. The van der Waals surface area contributed by atoms with Crippen molar-refractivity contribution in [1.82, 2.24) is 29.5 Å². The minimum absolute atomic E-state index is 0.0988. The standard InChI is InChI=1S/C19H20F2N6O/c1-11-6-14(8-22-12(11)2)18(28)26-5-3-4-13(9-26)16-7-15(17(20)21)25-19-23-10-24-27(16)19/h6-8,10,13,17H,3-5,9H2,1-2H3/t13-/m0/s1. The molecule has 4 heterocycles. The van der Waals surface area contributed by atoms with E-state index in [9.17, 15) is 13.6 Å². The molecule has 1 fully saturated rings. The smallest absolute Gasteiger partial charge is 0.280 e. The van der Waals surface area contributed by atoms with Crippen molar-refractivity contribution in [3.63, 3.8) is 0 Å². The summed E-state index contributed by atoms with van der Waals surface area (Å²) < 4.78 is 28.0. The van der Waals surface area contributed by atoms with Gasteiger partial charge in [0.15, 0.2) is 0 Å². The van der Waals surface area contributed by atoms with Gasteiger partial charge in [0.05, 0.1) is 11.3 Å². The van der Waals surface area contributed by atoms with Crippen LogP contribution < -0.4 is 0 Å². The quantitative estimate of drug-likeness (QED) is 0.691. The van der Waals surface area contributed by atoms with Crippen molar-refractivity contribution >= 4 is 11.7 Å². The fourth-order valence-electron chi connectivity index (χ4n) is 3.60. The van der Waals surface area contributed by atoms with E-state index in [1.807, 2.05) is 19.9 Å². The van der Waals surface area contributed by atoms with Gasteiger partial charge in [-0.2, -0.15) is 10.1 Å². The first-order valence-corrected chi connectivity index (χ1v) is 9.15. The molecular weight excluding hydrogens is 366 g/mol. The summed E-state index contributed by atoms with van der Waals surface area (Å²) in [5, 5.41) is 4.13. The van der Waals surface area contributed by atoms with E-state index in [0.717, 1.165) is 24.1 Å². The summed E-state index contributed by atoms with van der Waals surface area (Å²) in [5.41, 5.74) is 2.67. The van der Waals surface area contributed by atoms with Crippen LogP contribution in [-0.4, -0.2) is 48.5 Å². The van der Waals surface area contributed by atoms with Crippen LogP contribution in [0.5, 0.6) is 0 Å². The highest BCUT2D eigenvalue weighted by Gasteiger charge is 2.29. The topological polar surface area (TPSA) is 76.3 Å². The first-order chi connectivity index (χ1) is 13.4. The Bertz CT molecular complexity index is 1030. The Labute approximate surface area is 160 Å². The number of pyridine rings is 1. The third-order valence-corrected chi connectivity index (χ3v) is 5.24. The molecule has 3 aromatic heterocycles. The Hall–Kier alpha value is -2.97. The lowest BCUT2D eigenvalue weighted by Crippen LogP contribution is -2.39. The maximum absolute atomic E-state index is 13.3. The largest absolute Gasteiger partial charge is 0.338 e. The monoisotopic (exact) mass is 386 g/mol. The molecule has 7 nitrogen and oxygen atoms in total. The van der Waals surface area contributed by atoms with Crippen molar-refractivity contribution < 1.29 is 13.6 Å². The van der Waals surface area contributed by atoms with Crippen LogP contribution in [0.3, 0.4) is 0 Å². The van der Waals surface area contributed by atoms with Crippen LogP contribution in [0.2, 0.25) is 0 Å². The highest BCUT2D eigenvalue weighted by Crippen LogP contribution is 2.30. The summed E-state index contributed by atoms with van der Waals surface area (Å²) in [4.78, 5) is 26.8. The lowest BCUT2D eigenvalue weighted by molar-refractivity contribution is 0.0704. The number of carbonyl (C=O) groups excluding carboxylic acids is 1. The first kappa shape index (κ1) is 18.4. The number of rotatable bonds is 3. The second kappa shape index (κ2) is 7.21. The highest BCUT2D eigenvalue weighted by molar-refractivity contribution is 5.94. The lowest BCUT2D eigenvalue weighted by atomic mass is 9.93. The van der Waals surface area contributed by atoms with Crippen LogP contribution in [0.15, 0.2) is 24.7 Å². The summed E-state index contributed by atoms with van der Waals surface area (Å²) in [6.45, 7) is 4.86. The predicted octanol–water partition coefficient (Wildman–Crippen LogP) is 3.09. The zero-order chi connectivity index (χ0) is 19.8. The molecule has 28 heavy (non-hydrogen) atoms. The van der Waals surface area contributed by atoms with Crippen molar-refractivity contribution in [3.05, 3.63) is 52.9 Å². The number of carbonyl (C=O) groups is 1. The van der Waals surface area contributed by atoms with Crippen molar-refractivity contribution in [2.45, 2.75) is 39.0 Å². The van der Waals surface area contributed by atoms with Crippen LogP contribution in [0, 0.1) is 13.8 Å². The second-order valence-electron chi connectivity index (χ2n) is 7.10.